The van der Waals surface area contributed by atoms with Gasteiger partial charge in [-0.05, 0) is 63.6 Å². The molecular formula is C30H41N3O9S. The summed E-state index contributed by atoms with van der Waals surface area (Å²) in [6, 6.07) is 11.6. The summed E-state index contributed by atoms with van der Waals surface area (Å²) >= 11 is 0. The number of hydrogen-bond donors (Lipinski definition) is 2. The summed E-state index contributed by atoms with van der Waals surface area (Å²) in [6.45, 7) is 7.72. The van der Waals surface area contributed by atoms with E-state index in [2.05, 4.69) is 11.1 Å². The standard InChI is InChI=1S/C30H41N3O9S/c1-21-20-23(8-9-24(21)25-6-5-7-26(31-25)40-19-18-34)22-10-14-33(15-11-22)43(38,39)30(42-28(36)37)12-16-32(17-13-30)27(35)41-29(2,3)4/h5-9,20,22,34H,10-19H2,1-4H3,(H,36,37). The van der Waals surface area contributed by atoms with Crippen LogP contribution in [0.1, 0.15) is 63.5 Å². The van der Waals surface area contributed by atoms with Gasteiger partial charge in [-0.25, -0.2) is 23.0 Å². The van der Waals surface area contributed by atoms with E-state index in [1.807, 2.05) is 31.2 Å². The van der Waals surface area contributed by atoms with Crippen molar-refractivity contribution in [2.24, 2.45) is 0 Å². The number of aromatic nitrogens is 1. The van der Waals surface area contributed by atoms with E-state index < -0.39 is 32.8 Å². The maximum Gasteiger partial charge on any atom is 0.507 e. The van der Waals surface area contributed by atoms with E-state index in [-0.39, 0.29) is 58.2 Å². The van der Waals surface area contributed by atoms with Gasteiger partial charge in [0.15, 0.2) is 0 Å². The number of amides is 1. The van der Waals surface area contributed by atoms with Crippen LogP contribution in [-0.2, 0) is 19.5 Å². The lowest BCUT2D eigenvalue weighted by Crippen LogP contribution is -2.58. The number of aliphatic hydroxyl groups excluding tert-OH is 1. The lowest BCUT2D eigenvalue weighted by molar-refractivity contribution is -0.0204. The van der Waals surface area contributed by atoms with Crippen molar-refractivity contribution in [3.8, 4) is 17.1 Å². The molecule has 1 amide bonds. The summed E-state index contributed by atoms with van der Waals surface area (Å²) < 4.78 is 45.0. The zero-order valence-electron chi connectivity index (χ0n) is 25.1. The number of rotatable bonds is 8. The number of sulfonamides is 1. The molecule has 0 radical (unpaired) electrons. The van der Waals surface area contributed by atoms with Crippen LogP contribution in [0.2, 0.25) is 0 Å². The van der Waals surface area contributed by atoms with E-state index in [0.717, 1.165) is 22.4 Å². The molecule has 0 atom stereocenters. The Balaban J connectivity index is 1.43. The number of carboxylic acid groups (broad SMARTS) is 1. The van der Waals surface area contributed by atoms with Gasteiger partial charge in [0.05, 0.1) is 12.3 Å². The first-order valence-electron chi connectivity index (χ1n) is 14.5. The first kappa shape index (κ1) is 32.5. The monoisotopic (exact) mass is 619 g/mol. The number of likely N-dealkylation sites (tertiary alicyclic amines) is 1. The Hall–Kier alpha value is -3.42. The van der Waals surface area contributed by atoms with E-state index in [1.165, 1.54) is 9.21 Å². The van der Waals surface area contributed by atoms with Crippen molar-refractivity contribution in [1.82, 2.24) is 14.2 Å². The zero-order chi connectivity index (χ0) is 31.4. The number of ether oxygens (including phenoxy) is 3. The van der Waals surface area contributed by atoms with Crippen LogP contribution in [0, 0.1) is 6.92 Å². The fourth-order valence-corrected chi connectivity index (χ4v) is 7.65. The predicted molar refractivity (Wildman–Crippen MR) is 158 cm³/mol. The second kappa shape index (κ2) is 13.1. The van der Waals surface area contributed by atoms with Gasteiger partial charge < -0.3 is 29.3 Å². The molecule has 3 heterocycles. The van der Waals surface area contributed by atoms with Gasteiger partial charge in [-0.1, -0.05) is 24.3 Å². The zero-order valence-corrected chi connectivity index (χ0v) is 25.9. The van der Waals surface area contributed by atoms with Gasteiger partial charge in [-0.3, -0.25) is 0 Å². The van der Waals surface area contributed by atoms with Crippen molar-refractivity contribution < 1.29 is 42.4 Å². The van der Waals surface area contributed by atoms with Gasteiger partial charge in [-0.15, -0.1) is 0 Å². The molecule has 0 bridgehead atoms. The Morgan fingerprint density at radius 1 is 1.07 bits per heavy atom. The summed E-state index contributed by atoms with van der Waals surface area (Å²) in [4.78, 5) is 28.1. The first-order chi connectivity index (χ1) is 20.2. The average Bonchev–Trinajstić information content (AvgIpc) is 2.95. The lowest BCUT2D eigenvalue weighted by Gasteiger charge is -2.43. The van der Waals surface area contributed by atoms with Gasteiger partial charge >= 0.3 is 12.2 Å². The smallest absolute Gasteiger partial charge is 0.475 e. The number of hydrogen-bond acceptors (Lipinski definition) is 9. The fourth-order valence-electron chi connectivity index (χ4n) is 5.62. The molecule has 0 aliphatic carbocycles. The second-order valence-electron chi connectivity index (χ2n) is 11.9. The van der Waals surface area contributed by atoms with Crippen molar-refractivity contribution in [2.45, 2.75) is 69.8 Å². The Bertz CT molecular complexity index is 1410. The van der Waals surface area contributed by atoms with Crippen molar-refractivity contribution >= 4 is 22.3 Å². The minimum Gasteiger partial charge on any atom is -0.475 e. The number of carbonyl (C=O) groups excluding carboxylic acids is 1. The molecule has 43 heavy (non-hydrogen) atoms. The number of piperidine rings is 2. The topological polar surface area (TPSA) is 156 Å². The molecule has 0 unspecified atom stereocenters. The van der Waals surface area contributed by atoms with Crippen LogP contribution in [0.3, 0.4) is 0 Å². The summed E-state index contributed by atoms with van der Waals surface area (Å²) in [5.41, 5.74) is 3.10. The highest BCUT2D eigenvalue weighted by molar-refractivity contribution is 7.90. The van der Waals surface area contributed by atoms with Gasteiger partial charge in [0.1, 0.15) is 12.2 Å². The van der Waals surface area contributed by atoms with Gasteiger partial charge in [0.2, 0.25) is 10.8 Å². The molecule has 12 nitrogen and oxygen atoms in total. The molecule has 2 aliphatic heterocycles. The highest BCUT2D eigenvalue weighted by Gasteiger charge is 2.54. The number of nitrogens with zero attached hydrogens (tertiary/aromatic N) is 3. The van der Waals surface area contributed by atoms with E-state index >= 15 is 0 Å². The maximum absolute atomic E-state index is 13.9. The molecule has 2 fully saturated rings. The summed E-state index contributed by atoms with van der Waals surface area (Å²) in [5, 5.41) is 18.5. The van der Waals surface area contributed by atoms with Crippen LogP contribution < -0.4 is 4.74 Å². The van der Waals surface area contributed by atoms with Crippen LogP contribution in [0.15, 0.2) is 36.4 Å². The van der Waals surface area contributed by atoms with Gasteiger partial charge in [-0.2, -0.15) is 4.31 Å². The number of pyridine rings is 1. The molecule has 0 saturated carbocycles. The van der Waals surface area contributed by atoms with Crippen molar-refractivity contribution in [3.05, 3.63) is 47.5 Å². The molecule has 2 saturated heterocycles. The first-order valence-corrected chi connectivity index (χ1v) is 15.9. The number of carbonyl (C=O) groups is 2. The Morgan fingerprint density at radius 3 is 2.33 bits per heavy atom. The van der Waals surface area contributed by atoms with Crippen molar-refractivity contribution in [1.29, 1.82) is 0 Å². The number of aryl methyl sites for hydroxylation is 1. The molecular weight excluding hydrogens is 578 g/mol. The third-order valence-electron chi connectivity index (χ3n) is 7.78. The normalized spacial score (nSPS) is 18.2. The predicted octanol–water partition coefficient (Wildman–Crippen LogP) is 4.36. The van der Waals surface area contributed by atoms with E-state index in [4.69, 9.17) is 19.3 Å². The lowest BCUT2D eigenvalue weighted by atomic mass is 9.88. The molecule has 2 aliphatic rings. The minimum atomic E-state index is -4.18. The van der Waals surface area contributed by atoms with E-state index in [1.54, 1.807) is 26.8 Å². The molecule has 4 rings (SSSR count). The molecule has 13 heteroatoms. The van der Waals surface area contributed by atoms with Crippen LogP contribution in [-0.4, -0.2) is 95.0 Å². The maximum atomic E-state index is 13.9. The fraction of sp³-hybridized carbons (Fsp3) is 0.567. The Kier molecular flexibility index (Phi) is 9.87. The number of aliphatic hydroxyl groups is 1. The molecule has 1 aromatic heterocycles. The van der Waals surface area contributed by atoms with Gasteiger partial charge in [0.25, 0.3) is 10.0 Å². The van der Waals surface area contributed by atoms with Crippen molar-refractivity contribution in [3.63, 3.8) is 0 Å². The van der Waals surface area contributed by atoms with E-state index in [0.29, 0.717) is 18.7 Å². The van der Waals surface area contributed by atoms with Crippen LogP contribution in [0.4, 0.5) is 9.59 Å². The summed E-state index contributed by atoms with van der Waals surface area (Å²) in [7, 11) is -4.18. The van der Waals surface area contributed by atoms with Crippen LogP contribution in [0.25, 0.3) is 11.3 Å². The largest absolute Gasteiger partial charge is 0.507 e. The highest BCUT2D eigenvalue weighted by Crippen LogP contribution is 2.39. The molecule has 0 spiro atoms. The van der Waals surface area contributed by atoms with E-state index in [9.17, 15) is 23.1 Å². The molecule has 2 aromatic rings. The Labute approximate surface area is 252 Å². The van der Waals surface area contributed by atoms with Crippen molar-refractivity contribution in [2.75, 3.05) is 39.4 Å². The highest BCUT2D eigenvalue weighted by atomic mass is 32.2. The Morgan fingerprint density at radius 2 is 1.74 bits per heavy atom. The number of benzene rings is 1. The summed E-state index contributed by atoms with van der Waals surface area (Å²) in [6.07, 6.45) is -1.47. The molecule has 2 N–H and O–H groups in total. The SMILES string of the molecule is Cc1cc(C2CCN(S(=O)(=O)C3(OC(=O)O)CCN(C(=O)OC(C)(C)C)CC3)CC2)ccc1-c1cccc(OCCO)n1. The average molecular weight is 620 g/mol. The second-order valence-corrected chi connectivity index (χ2v) is 14.1. The minimum absolute atomic E-state index is 0.00512. The molecule has 1 aromatic carbocycles. The summed E-state index contributed by atoms with van der Waals surface area (Å²) in [5.74, 6) is 0.556. The third-order valence-corrected chi connectivity index (χ3v) is 10.3. The quantitative estimate of drug-likeness (QED) is 0.407. The van der Waals surface area contributed by atoms with Crippen LogP contribution in [0.5, 0.6) is 5.88 Å². The molecule has 236 valence electrons. The third kappa shape index (κ3) is 7.57. The van der Waals surface area contributed by atoms with Gasteiger partial charge in [0, 0.05) is 50.7 Å². The van der Waals surface area contributed by atoms with Crippen LogP contribution >= 0.6 is 0 Å².